The zero-order valence-electron chi connectivity index (χ0n) is 13.7. The molecule has 8 nitrogen and oxygen atoms in total. The van der Waals surface area contributed by atoms with Crippen LogP contribution in [-0.2, 0) is 0 Å². The summed E-state index contributed by atoms with van der Waals surface area (Å²) < 4.78 is 1.82. The second kappa shape index (κ2) is 5.76. The van der Waals surface area contributed by atoms with Crippen LogP contribution in [0.3, 0.4) is 0 Å². The van der Waals surface area contributed by atoms with E-state index in [1.807, 2.05) is 23.1 Å². The van der Waals surface area contributed by atoms with E-state index < -0.39 is 0 Å². The number of aromatic nitrogens is 6. The van der Waals surface area contributed by atoms with Gasteiger partial charge in [0, 0.05) is 35.7 Å². The number of fused-ring (bicyclic) bond motifs is 1. The highest BCUT2D eigenvalue weighted by Gasteiger charge is 2.34. The highest BCUT2D eigenvalue weighted by molar-refractivity contribution is 5.95. The predicted octanol–water partition coefficient (Wildman–Crippen LogP) is 1.75. The van der Waals surface area contributed by atoms with Crippen LogP contribution in [0.25, 0.3) is 22.3 Å². The number of pyridine rings is 1. The van der Waals surface area contributed by atoms with Crippen molar-refractivity contribution in [3.8, 4) is 11.3 Å². The first-order chi connectivity index (χ1) is 12.8. The van der Waals surface area contributed by atoms with E-state index >= 15 is 0 Å². The topological polar surface area (TPSA) is 92.6 Å². The molecule has 1 aliphatic heterocycles. The minimum Gasteiger partial charge on any atom is -0.346 e. The second-order valence-corrected chi connectivity index (χ2v) is 6.10. The Labute approximate surface area is 148 Å². The summed E-state index contributed by atoms with van der Waals surface area (Å²) in [6.07, 6.45) is 10.4. The molecule has 1 amide bonds. The van der Waals surface area contributed by atoms with Gasteiger partial charge in [-0.1, -0.05) is 0 Å². The van der Waals surface area contributed by atoms with E-state index in [4.69, 9.17) is 0 Å². The maximum Gasteiger partial charge on any atom is 0.255 e. The van der Waals surface area contributed by atoms with Crippen LogP contribution in [0.4, 0.5) is 0 Å². The van der Waals surface area contributed by atoms with Gasteiger partial charge in [0.1, 0.15) is 18.0 Å². The largest absolute Gasteiger partial charge is 0.346 e. The summed E-state index contributed by atoms with van der Waals surface area (Å²) in [5, 5.41) is 5.39. The molecule has 0 unspecified atom stereocenters. The van der Waals surface area contributed by atoms with Gasteiger partial charge in [-0.15, -0.1) is 0 Å². The van der Waals surface area contributed by atoms with Crippen LogP contribution in [0.15, 0.2) is 55.5 Å². The summed E-state index contributed by atoms with van der Waals surface area (Å²) in [4.78, 5) is 29.8. The molecule has 0 bridgehead atoms. The number of carbonyl (C=O) groups is 1. The Hall–Kier alpha value is -3.55. The van der Waals surface area contributed by atoms with E-state index in [9.17, 15) is 4.79 Å². The average Bonchev–Trinajstić information content (AvgIpc) is 3.30. The summed E-state index contributed by atoms with van der Waals surface area (Å²) in [5.74, 6) is -0.0148. The minimum absolute atomic E-state index is 0.0148. The number of nitrogens with one attached hydrogen (secondary N) is 1. The van der Waals surface area contributed by atoms with E-state index in [0.29, 0.717) is 18.7 Å². The Morgan fingerprint density at radius 2 is 2.08 bits per heavy atom. The van der Waals surface area contributed by atoms with Crippen LogP contribution in [-0.4, -0.2) is 53.6 Å². The van der Waals surface area contributed by atoms with Crippen molar-refractivity contribution in [1.82, 2.24) is 34.6 Å². The predicted molar refractivity (Wildman–Crippen MR) is 93.9 cm³/mol. The Morgan fingerprint density at radius 3 is 2.92 bits per heavy atom. The van der Waals surface area contributed by atoms with Crippen molar-refractivity contribution in [3.05, 3.63) is 67.1 Å². The lowest BCUT2D eigenvalue weighted by molar-refractivity contribution is 0.0666. The van der Waals surface area contributed by atoms with Crippen LogP contribution in [0.1, 0.15) is 10.4 Å². The van der Waals surface area contributed by atoms with Crippen molar-refractivity contribution in [2.24, 2.45) is 0 Å². The van der Waals surface area contributed by atoms with Gasteiger partial charge in [0.15, 0.2) is 0 Å². The van der Waals surface area contributed by atoms with Gasteiger partial charge in [0.05, 0.1) is 30.5 Å². The molecule has 26 heavy (non-hydrogen) atoms. The summed E-state index contributed by atoms with van der Waals surface area (Å²) >= 11 is 0. The lowest BCUT2D eigenvalue weighted by atomic mass is 10.1. The zero-order chi connectivity index (χ0) is 17.5. The summed E-state index contributed by atoms with van der Waals surface area (Å²) in [5.41, 5.74) is 3.16. The average molecular weight is 344 g/mol. The van der Waals surface area contributed by atoms with Crippen molar-refractivity contribution in [1.29, 1.82) is 0 Å². The standard InChI is InChI=1S/C18H14N7O/c26-18(12-2-1-4-19-6-12)24-9-14(10-24)25-8-13(7-23-25)16-15-3-5-20-17(15)22-11-21-16/h1-8,11H,9-10H2,(H,20,21,22). The number of likely N-dealkylation sites (tertiary alicyclic amines) is 1. The maximum atomic E-state index is 12.4. The van der Waals surface area contributed by atoms with Crippen molar-refractivity contribution >= 4 is 16.9 Å². The fraction of sp³-hybridized carbons (Fsp3) is 0.111. The fourth-order valence-corrected chi connectivity index (χ4v) is 3.08. The molecular formula is C18H14N7O. The molecule has 5 heterocycles. The third-order valence-electron chi connectivity index (χ3n) is 4.48. The monoisotopic (exact) mass is 344 g/mol. The third-order valence-corrected chi connectivity index (χ3v) is 4.48. The third kappa shape index (κ3) is 2.34. The van der Waals surface area contributed by atoms with E-state index in [0.717, 1.165) is 28.3 Å². The number of hydrogen-bond donors (Lipinski definition) is 1. The fourth-order valence-electron chi connectivity index (χ4n) is 3.08. The van der Waals surface area contributed by atoms with Crippen LogP contribution in [0.2, 0.25) is 0 Å². The highest BCUT2D eigenvalue weighted by Crippen LogP contribution is 2.27. The van der Waals surface area contributed by atoms with E-state index in [-0.39, 0.29) is 5.91 Å². The number of aromatic amines is 1. The van der Waals surface area contributed by atoms with Crippen molar-refractivity contribution in [2.75, 3.05) is 13.1 Å². The van der Waals surface area contributed by atoms with Gasteiger partial charge in [-0.3, -0.25) is 14.5 Å². The summed E-state index contributed by atoms with van der Waals surface area (Å²) in [6.45, 7) is 1.11. The summed E-state index contributed by atoms with van der Waals surface area (Å²) in [7, 11) is 0. The Morgan fingerprint density at radius 1 is 1.15 bits per heavy atom. The van der Waals surface area contributed by atoms with Gasteiger partial charge < -0.3 is 9.88 Å². The number of H-pyrrole nitrogens is 1. The quantitative estimate of drug-likeness (QED) is 0.611. The molecule has 127 valence electrons. The molecule has 0 saturated carbocycles. The second-order valence-electron chi connectivity index (χ2n) is 6.10. The molecule has 0 aliphatic carbocycles. The smallest absolute Gasteiger partial charge is 0.255 e. The molecule has 0 spiro atoms. The lowest BCUT2D eigenvalue weighted by Crippen LogP contribution is -2.51. The van der Waals surface area contributed by atoms with Crippen LogP contribution in [0, 0.1) is 6.04 Å². The Balaban J connectivity index is 1.33. The van der Waals surface area contributed by atoms with Crippen molar-refractivity contribution in [2.45, 2.75) is 0 Å². The summed E-state index contributed by atoms with van der Waals surface area (Å²) in [6, 6.07) is 6.55. The van der Waals surface area contributed by atoms with Gasteiger partial charge >= 0.3 is 0 Å². The maximum absolute atomic E-state index is 12.4. The molecule has 5 rings (SSSR count). The van der Waals surface area contributed by atoms with E-state index in [2.05, 4.69) is 25.0 Å². The van der Waals surface area contributed by atoms with E-state index in [1.165, 1.54) is 6.33 Å². The molecule has 1 N–H and O–H groups in total. The van der Waals surface area contributed by atoms with Crippen LogP contribution in [0.5, 0.6) is 0 Å². The Kier molecular flexibility index (Phi) is 3.27. The van der Waals surface area contributed by atoms with Crippen molar-refractivity contribution in [3.63, 3.8) is 0 Å². The number of carbonyl (C=O) groups excluding carboxylic acids is 1. The number of rotatable bonds is 3. The van der Waals surface area contributed by atoms with E-state index in [1.54, 1.807) is 35.6 Å². The first-order valence-corrected chi connectivity index (χ1v) is 8.17. The van der Waals surface area contributed by atoms with Gasteiger partial charge in [0.25, 0.3) is 5.91 Å². The first kappa shape index (κ1) is 14.8. The molecule has 1 aliphatic rings. The molecule has 0 aromatic carbocycles. The number of amides is 1. The molecule has 4 aromatic rings. The first-order valence-electron chi connectivity index (χ1n) is 8.17. The van der Waals surface area contributed by atoms with Crippen LogP contribution >= 0.6 is 0 Å². The lowest BCUT2D eigenvalue weighted by Gasteiger charge is -2.38. The molecule has 4 aromatic heterocycles. The van der Waals surface area contributed by atoms with Gasteiger partial charge in [-0.05, 0) is 18.2 Å². The zero-order valence-corrected chi connectivity index (χ0v) is 13.7. The van der Waals surface area contributed by atoms with Gasteiger partial charge in [-0.2, -0.15) is 5.10 Å². The molecular weight excluding hydrogens is 330 g/mol. The number of hydrogen-bond acceptors (Lipinski definition) is 5. The SMILES string of the molecule is O=C(c1cccnc1)N1C[C](n2cc(-c3ncnc4[nH]ccc34)cn2)C1. The Bertz CT molecular complexity index is 1080. The van der Waals surface area contributed by atoms with Gasteiger partial charge in [-0.25, -0.2) is 9.97 Å². The minimum atomic E-state index is -0.0148. The molecule has 1 fully saturated rings. The molecule has 0 atom stereocenters. The normalized spacial score (nSPS) is 14.5. The highest BCUT2D eigenvalue weighted by atomic mass is 16.2. The van der Waals surface area contributed by atoms with Crippen LogP contribution < -0.4 is 0 Å². The van der Waals surface area contributed by atoms with Gasteiger partial charge in [0.2, 0.25) is 0 Å². The number of nitrogens with zero attached hydrogens (tertiary/aromatic N) is 6. The molecule has 1 saturated heterocycles. The molecule has 1 radical (unpaired) electrons. The molecule has 8 heteroatoms. The van der Waals surface area contributed by atoms with Crippen molar-refractivity contribution < 1.29 is 4.79 Å².